The molecule has 308 valence electrons. The Morgan fingerprint density at radius 1 is 0.804 bits per heavy atom. The summed E-state index contributed by atoms with van der Waals surface area (Å²) in [5, 5.41) is 11.4. The molecule has 0 radical (unpaired) electrons. The van der Waals surface area contributed by atoms with E-state index in [2.05, 4.69) is 92.9 Å². The van der Waals surface area contributed by atoms with Crippen molar-refractivity contribution in [1.29, 1.82) is 0 Å². The van der Waals surface area contributed by atoms with E-state index in [1.807, 2.05) is 66.9 Å². The summed E-state index contributed by atoms with van der Waals surface area (Å²) >= 11 is 5.96. The Hall–Kier alpha value is -2.95. The second-order valence-corrected chi connectivity index (χ2v) is 18.8. The van der Waals surface area contributed by atoms with E-state index in [-0.39, 0.29) is 36.4 Å². The molecule has 6 rings (SSSR count). The molecule has 56 heavy (non-hydrogen) atoms. The Kier molecular flexibility index (Phi) is 14.8. The van der Waals surface area contributed by atoms with Crippen LogP contribution in [0.25, 0.3) is 21.8 Å². The van der Waals surface area contributed by atoms with E-state index in [1.165, 1.54) is 0 Å². The number of aromatic nitrogens is 4. The van der Waals surface area contributed by atoms with Crippen molar-refractivity contribution in [2.45, 2.75) is 142 Å². The highest BCUT2D eigenvalue weighted by atomic mass is 127. The van der Waals surface area contributed by atoms with Crippen LogP contribution in [-0.4, -0.2) is 92.3 Å². The molecule has 2 fully saturated rings. The lowest BCUT2D eigenvalue weighted by Gasteiger charge is -2.32. The summed E-state index contributed by atoms with van der Waals surface area (Å²) in [6.45, 7) is 18.6. The minimum atomic E-state index is -0.507. The zero-order valence-corrected chi connectivity index (χ0v) is 38.5. The van der Waals surface area contributed by atoms with Crippen molar-refractivity contribution in [1.82, 2.24) is 29.4 Å². The molecule has 2 amide bonds. The Labute approximate surface area is 354 Å². The van der Waals surface area contributed by atoms with Gasteiger partial charge in [0, 0.05) is 66.9 Å². The van der Waals surface area contributed by atoms with Gasteiger partial charge in [0.15, 0.2) is 0 Å². The monoisotopic (exact) mass is 950 g/mol. The van der Waals surface area contributed by atoms with E-state index in [9.17, 15) is 9.59 Å². The molecule has 4 aromatic rings. The van der Waals surface area contributed by atoms with Gasteiger partial charge in [-0.1, -0.05) is 12.1 Å². The smallest absolute Gasteiger partial charge is 0.411 e. The maximum atomic E-state index is 12.9. The third kappa shape index (κ3) is 11.6. The third-order valence-corrected chi connectivity index (χ3v) is 11.2. The fraction of sp³-hybridized carbons (Fsp3) is 0.619. The van der Waals surface area contributed by atoms with Gasteiger partial charge < -0.3 is 18.9 Å². The van der Waals surface area contributed by atoms with Crippen LogP contribution in [0.2, 0.25) is 0 Å². The second kappa shape index (κ2) is 18.8. The number of aryl methyl sites for hydroxylation is 2. The molecule has 12 nitrogen and oxygen atoms in total. The summed E-state index contributed by atoms with van der Waals surface area (Å²) in [7, 11) is 3.42. The van der Waals surface area contributed by atoms with Crippen LogP contribution < -0.4 is 0 Å². The maximum Gasteiger partial charge on any atom is 0.411 e. The van der Waals surface area contributed by atoms with E-state index in [0.717, 1.165) is 92.7 Å². The Balaban J connectivity index is 0.000000215. The Morgan fingerprint density at radius 2 is 1.30 bits per heavy atom. The number of rotatable bonds is 14. The highest BCUT2D eigenvalue weighted by molar-refractivity contribution is 14.1. The van der Waals surface area contributed by atoms with Crippen LogP contribution in [0.1, 0.15) is 117 Å². The van der Waals surface area contributed by atoms with Crippen molar-refractivity contribution in [2.24, 2.45) is 0 Å². The number of benzene rings is 2. The zero-order valence-electron chi connectivity index (χ0n) is 34.7. The lowest BCUT2D eigenvalue weighted by Crippen LogP contribution is -2.39. The molecule has 2 aromatic carbocycles. The molecule has 2 heterocycles. The SMILES string of the molecule is COCCCn1nc(Br)c2c(I)cc(C(C)N(C(=O)OC(C)(C)C)C3CC3)cc21.COCCCn1ncc2ccc(C(C)N(C(=O)OC(C)(C)C)C3CC3)cc21. The first-order valence-electron chi connectivity index (χ1n) is 19.7. The predicted octanol–water partition coefficient (Wildman–Crippen LogP) is 10.4. The normalized spacial score (nSPS) is 15.6. The van der Waals surface area contributed by atoms with Gasteiger partial charge in [-0.05, 0) is 162 Å². The van der Waals surface area contributed by atoms with Gasteiger partial charge in [0.25, 0.3) is 0 Å². The number of hydrogen-bond donors (Lipinski definition) is 0. The van der Waals surface area contributed by atoms with Gasteiger partial charge in [0.05, 0.1) is 29.3 Å². The highest BCUT2D eigenvalue weighted by Crippen LogP contribution is 2.39. The summed E-state index contributed by atoms with van der Waals surface area (Å²) in [5.74, 6) is 0. The average Bonchev–Trinajstić information content (AvgIpc) is 4.05. The fourth-order valence-corrected chi connectivity index (χ4v) is 8.66. The Morgan fingerprint density at radius 3 is 1.80 bits per heavy atom. The molecule has 0 saturated heterocycles. The summed E-state index contributed by atoms with van der Waals surface area (Å²) in [6, 6.07) is 11.1. The largest absolute Gasteiger partial charge is 0.444 e. The van der Waals surface area contributed by atoms with Crippen molar-refractivity contribution >= 4 is 72.5 Å². The first kappa shape index (κ1) is 44.2. The molecule has 2 atom stereocenters. The number of fused-ring (bicyclic) bond motifs is 2. The van der Waals surface area contributed by atoms with Gasteiger partial charge in [0.1, 0.15) is 15.8 Å². The van der Waals surface area contributed by atoms with Crippen LogP contribution in [0.5, 0.6) is 0 Å². The first-order valence-corrected chi connectivity index (χ1v) is 21.6. The summed E-state index contributed by atoms with van der Waals surface area (Å²) in [6.07, 6.45) is 7.38. The second-order valence-electron chi connectivity index (χ2n) is 16.9. The van der Waals surface area contributed by atoms with Gasteiger partial charge in [-0.15, -0.1) is 0 Å². The summed E-state index contributed by atoms with van der Waals surface area (Å²) in [4.78, 5) is 29.5. The molecule has 2 saturated carbocycles. The lowest BCUT2D eigenvalue weighted by atomic mass is 10.1. The van der Waals surface area contributed by atoms with Gasteiger partial charge in [-0.2, -0.15) is 10.2 Å². The molecule has 2 aliphatic rings. The number of carbonyl (C=O) groups excluding carboxylic acids is 2. The lowest BCUT2D eigenvalue weighted by molar-refractivity contribution is 0.0142. The highest BCUT2D eigenvalue weighted by Gasteiger charge is 2.40. The van der Waals surface area contributed by atoms with Gasteiger partial charge in [-0.25, -0.2) is 9.59 Å². The van der Waals surface area contributed by atoms with Gasteiger partial charge in [-0.3, -0.25) is 19.2 Å². The van der Waals surface area contributed by atoms with Gasteiger partial charge >= 0.3 is 12.2 Å². The third-order valence-electron chi connectivity index (χ3n) is 9.78. The fourth-order valence-electron chi connectivity index (χ4n) is 6.79. The molecule has 0 aliphatic heterocycles. The van der Waals surface area contributed by atoms with E-state index < -0.39 is 11.2 Å². The predicted molar refractivity (Wildman–Crippen MR) is 232 cm³/mol. The summed E-state index contributed by atoms with van der Waals surface area (Å²) in [5.41, 5.74) is 3.37. The molecular weight excluding hydrogens is 891 g/mol. The quantitative estimate of drug-likeness (QED) is 0.0907. The molecule has 0 N–H and O–H groups in total. The molecule has 2 unspecified atom stereocenters. The summed E-state index contributed by atoms with van der Waals surface area (Å²) < 4.78 is 27.7. The van der Waals surface area contributed by atoms with Crippen LogP contribution in [0, 0.1) is 3.57 Å². The number of nitrogens with zero attached hydrogens (tertiary/aromatic N) is 6. The Bertz CT molecular complexity index is 1960. The molecule has 2 aliphatic carbocycles. The molecular formula is C42H60BrIN6O6. The molecule has 2 aromatic heterocycles. The van der Waals surface area contributed by atoms with Crippen molar-refractivity contribution in [3.05, 3.63) is 55.8 Å². The minimum Gasteiger partial charge on any atom is -0.444 e. The van der Waals surface area contributed by atoms with Crippen LogP contribution in [0.3, 0.4) is 0 Å². The number of carbonyl (C=O) groups is 2. The van der Waals surface area contributed by atoms with E-state index in [4.69, 9.17) is 18.9 Å². The van der Waals surface area contributed by atoms with Crippen LogP contribution in [0.4, 0.5) is 9.59 Å². The number of methoxy groups -OCH3 is 2. The standard InChI is InChI=1S/C21H29BrIN3O3.C21H31N3O3/c1-13(26(15-7-8-15)20(27)29-21(2,3)4)14-11-16(23)18-17(12-14)25(24-19(18)22)9-6-10-28-5;1-15(24(18-9-10-18)20(25)27-21(2,3)4)16-7-8-17-14-22-23(19(17)13-16)11-6-12-26-5/h11-13,15H,6-10H2,1-5H3;7-8,13-15,18H,6,9-12H2,1-5H3. The van der Waals surface area contributed by atoms with Gasteiger partial charge in [0.2, 0.25) is 0 Å². The average molecular weight is 952 g/mol. The first-order chi connectivity index (χ1) is 26.4. The van der Waals surface area contributed by atoms with E-state index in [0.29, 0.717) is 13.2 Å². The number of halogens is 2. The van der Waals surface area contributed by atoms with Crippen molar-refractivity contribution in [2.75, 3.05) is 27.4 Å². The molecule has 0 spiro atoms. The maximum absolute atomic E-state index is 12.9. The molecule has 0 bridgehead atoms. The van der Waals surface area contributed by atoms with Crippen molar-refractivity contribution in [3.8, 4) is 0 Å². The molecule has 14 heteroatoms. The number of hydrogen-bond acceptors (Lipinski definition) is 8. The van der Waals surface area contributed by atoms with Crippen LogP contribution in [0.15, 0.2) is 41.1 Å². The number of amides is 2. The number of ether oxygens (including phenoxy) is 4. The van der Waals surface area contributed by atoms with Crippen molar-refractivity contribution < 1.29 is 28.5 Å². The minimum absolute atomic E-state index is 0.0425. The van der Waals surface area contributed by atoms with Crippen LogP contribution in [-0.2, 0) is 32.0 Å². The zero-order chi connectivity index (χ0) is 40.9. The van der Waals surface area contributed by atoms with E-state index >= 15 is 0 Å². The topological polar surface area (TPSA) is 113 Å². The van der Waals surface area contributed by atoms with E-state index in [1.54, 1.807) is 14.2 Å². The van der Waals surface area contributed by atoms with Crippen molar-refractivity contribution in [3.63, 3.8) is 0 Å². The van der Waals surface area contributed by atoms with Crippen LogP contribution >= 0.6 is 38.5 Å².